The van der Waals surface area contributed by atoms with Crippen LogP contribution in [-0.2, 0) is 0 Å². The van der Waals surface area contributed by atoms with Gasteiger partial charge in [-0.15, -0.1) is 0 Å². The SMILES string of the molecule is CNC(c1c(C)cc(C)cc1F)c1c(F)cccc1Cl. The average Bonchev–Trinajstić information content (AvgIpc) is 2.35. The van der Waals surface area contributed by atoms with E-state index in [1.807, 2.05) is 19.9 Å². The summed E-state index contributed by atoms with van der Waals surface area (Å²) < 4.78 is 28.4. The first kappa shape index (κ1) is 14.9. The van der Waals surface area contributed by atoms with Gasteiger partial charge in [-0.1, -0.05) is 23.7 Å². The van der Waals surface area contributed by atoms with Crippen LogP contribution in [0.15, 0.2) is 30.3 Å². The molecule has 20 heavy (non-hydrogen) atoms. The maximum Gasteiger partial charge on any atom is 0.129 e. The van der Waals surface area contributed by atoms with Gasteiger partial charge in [-0.3, -0.25) is 0 Å². The lowest BCUT2D eigenvalue weighted by Crippen LogP contribution is -2.22. The predicted octanol–water partition coefficient (Wildman–Crippen LogP) is 4.54. The fourth-order valence-corrected chi connectivity index (χ4v) is 2.78. The molecule has 0 aromatic heterocycles. The van der Waals surface area contributed by atoms with E-state index in [4.69, 9.17) is 11.6 Å². The topological polar surface area (TPSA) is 12.0 Å². The summed E-state index contributed by atoms with van der Waals surface area (Å²) in [5, 5.41) is 3.23. The lowest BCUT2D eigenvalue weighted by molar-refractivity contribution is 0.544. The molecule has 1 atom stereocenters. The number of halogens is 3. The van der Waals surface area contributed by atoms with Crippen molar-refractivity contribution in [3.8, 4) is 0 Å². The molecule has 2 aromatic rings. The minimum Gasteiger partial charge on any atom is -0.309 e. The Labute approximate surface area is 122 Å². The van der Waals surface area contributed by atoms with E-state index >= 15 is 0 Å². The molecule has 4 heteroatoms. The summed E-state index contributed by atoms with van der Waals surface area (Å²) >= 11 is 6.09. The maximum atomic E-state index is 14.3. The van der Waals surface area contributed by atoms with Crippen molar-refractivity contribution in [2.75, 3.05) is 7.05 Å². The van der Waals surface area contributed by atoms with Crippen LogP contribution in [0.5, 0.6) is 0 Å². The Kier molecular flexibility index (Phi) is 4.41. The largest absolute Gasteiger partial charge is 0.309 e. The number of hydrogen-bond donors (Lipinski definition) is 1. The Hall–Kier alpha value is -1.45. The summed E-state index contributed by atoms with van der Waals surface area (Å²) in [7, 11) is 1.66. The summed E-state index contributed by atoms with van der Waals surface area (Å²) in [6.45, 7) is 3.63. The fraction of sp³-hybridized carbons (Fsp3) is 0.250. The van der Waals surface area contributed by atoms with Crippen LogP contribution in [0.4, 0.5) is 8.78 Å². The van der Waals surface area contributed by atoms with E-state index in [1.165, 1.54) is 18.2 Å². The van der Waals surface area contributed by atoms with Crippen molar-refractivity contribution in [2.24, 2.45) is 0 Å². The smallest absolute Gasteiger partial charge is 0.129 e. The van der Waals surface area contributed by atoms with Gasteiger partial charge in [0.15, 0.2) is 0 Å². The molecule has 0 aliphatic rings. The van der Waals surface area contributed by atoms with Gasteiger partial charge in [-0.2, -0.15) is 0 Å². The van der Waals surface area contributed by atoms with Gasteiger partial charge < -0.3 is 5.32 Å². The summed E-state index contributed by atoms with van der Waals surface area (Å²) in [4.78, 5) is 0. The summed E-state index contributed by atoms with van der Waals surface area (Å²) in [6.07, 6.45) is 0. The molecular formula is C16H16ClF2N. The second-order valence-corrected chi connectivity index (χ2v) is 5.24. The number of benzene rings is 2. The Bertz CT molecular complexity index is 597. The molecule has 0 aliphatic heterocycles. The standard InChI is InChI=1S/C16H16ClF2N/c1-9-7-10(2)14(13(19)8-9)16(20-3)15-11(17)5-4-6-12(15)18/h4-8,16,20H,1-3H3. The highest BCUT2D eigenvalue weighted by molar-refractivity contribution is 6.31. The molecule has 0 radical (unpaired) electrons. The monoisotopic (exact) mass is 295 g/mol. The molecule has 2 aromatic carbocycles. The van der Waals surface area contributed by atoms with E-state index in [2.05, 4.69) is 5.32 Å². The number of aryl methyl sites for hydroxylation is 2. The van der Waals surface area contributed by atoms with E-state index in [9.17, 15) is 8.78 Å². The molecule has 0 bridgehead atoms. The third kappa shape index (κ3) is 2.69. The second-order valence-electron chi connectivity index (χ2n) is 4.83. The van der Waals surface area contributed by atoms with Gasteiger partial charge in [0, 0.05) is 16.1 Å². The molecule has 0 spiro atoms. The van der Waals surface area contributed by atoms with Gasteiger partial charge in [0.2, 0.25) is 0 Å². The van der Waals surface area contributed by atoms with Crippen molar-refractivity contribution in [3.05, 3.63) is 69.2 Å². The van der Waals surface area contributed by atoms with Crippen molar-refractivity contribution in [1.29, 1.82) is 0 Å². The van der Waals surface area contributed by atoms with Crippen LogP contribution >= 0.6 is 11.6 Å². The molecular weight excluding hydrogens is 280 g/mol. The Morgan fingerprint density at radius 2 is 1.75 bits per heavy atom. The van der Waals surface area contributed by atoms with Crippen LogP contribution in [0.25, 0.3) is 0 Å². The van der Waals surface area contributed by atoms with Crippen LogP contribution in [0, 0.1) is 25.5 Å². The fourth-order valence-electron chi connectivity index (χ4n) is 2.51. The first-order valence-corrected chi connectivity index (χ1v) is 6.71. The Morgan fingerprint density at radius 3 is 2.30 bits per heavy atom. The molecule has 2 rings (SSSR count). The van der Waals surface area contributed by atoms with Crippen LogP contribution in [0.1, 0.15) is 28.3 Å². The summed E-state index contributed by atoms with van der Waals surface area (Å²) in [5.41, 5.74) is 2.28. The van der Waals surface area contributed by atoms with Gasteiger partial charge in [0.25, 0.3) is 0 Å². The predicted molar refractivity (Wildman–Crippen MR) is 78.2 cm³/mol. The molecule has 1 N–H and O–H groups in total. The highest BCUT2D eigenvalue weighted by Gasteiger charge is 2.24. The zero-order chi connectivity index (χ0) is 14.9. The first-order valence-electron chi connectivity index (χ1n) is 6.33. The summed E-state index contributed by atoms with van der Waals surface area (Å²) in [5.74, 6) is -0.808. The molecule has 0 heterocycles. The zero-order valence-electron chi connectivity index (χ0n) is 11.6. The van der Waals surface area contributed by atoms with E-state index in [0.29, 0.717) is 5.56 Å². The van der Waals surface area contributed by atoms with Crippen LogP contribution in [0.2, 0.25) is 5.02 Å². The van der Waals surface area contributed by atoms with Gasteiger partial charge in [-0.25, -0.2) is 8.78 Å². The molecule has 1 nitrogen and oxygen atoms in total. The average molecular weight is 296 g/mol. The molecule has 0 saturated carbocycles. The lowest BCUT2D eigenvalue weighted by atomic mass is 9.93. The molecule has 1 unspecified atom stereocenters. The zero-order valence-corrected chi connectivity index (χ0v) is 12.4. The van der Waals surface area contributed by atoms with E-state index in [0.717, 1.165) is 11.1 Å². The van der Waals surface area contributed by atoms with E-state index < -0.39 is 11.9 Å². The maximum absolute atomic E-state index is 14.3. The number of nitrogens with one attached hydrogen (secondary N) is 1. The molecule has 0 aliphatic carbocycles. The minimum absolute atomic E-state index is 0.266. The number of hydrogen-bond acceptors (Lipinski definition) is 1. The first-order chi connectivity index (χ1) is 9.45. The second kappa shape index (κ2) is 5.90. The Morgan fingerprint density at radius 1 is 1.05 bits per heavy atom. The summed E-state index contributed by atoms with van der Waals surface area (Å²) in [6, 6.07) is 7.16. The molecule has 0 amide bonds. The van der Waals surface area contributed by atoms with Crippen molar-refractivity contribution < 1.29 is 8.78 Å². The highest BCUT2D eigenvalue weighted by Crippen LogP contribution is 2.33. The van der Waals surface area contributed by atoms with Crippen molar-refractivity contribution in [1.82, 2.24) is 5.32 Å². The highest BCUT2D eigenvalue weighted by atomic mass is 35.5. The van der Waals surface area contributed by atoms with Crippen LogP contribution in [0.3, 0.4) is 0 Å². The van der Waals surface area contributed by atoms with E-state index in [1.54, 1.807) is 13.1 Å². The number of rotatable bonds is 3. The third-order valence-corrected chi connectivity index (χ3v) is 3.68. The molecule has 106 valence electrons. The van der Waals surface area contributed by atoms with E-state index in [-0.39, 0.29) is 16.4 Å². The lowest BCUT2D eigenvalue weighted by Gasteiger charge is -2.22. The van der Waals surface area contributed by atoms with Gasteiger partial charge in [0.1, 0.15) is 11.6 Å². The Balaban J connectivity index is 2.65. The minimum atomic E-state index is -0.621. The van der Waals surface area contributed by atoms with Crippen molar-refractivity contribution in [2.45, 2.75) is 19.9 Å². The molecule has 0 saturated heterocycles. The van der Waals surface area contributed by atoms with Gasteiger partial charge in [-0.05, 0) is 50.2 Å². The normalized spacial score (nSPS) is 12.5. The quantitative estimate of drug-likeness (QED) is 0.876. The third-order valence-electron chi connectivity index (χ3n) is 3.35. The van der Waals surface area contributed by atoms with Crippen molar-refractivity contribution in [3.63, 3.8) is 0 Å². The van der Waals surface area contributed by atoms with Crippen molar-refractivity contribution >= 4 is 11.6 Å². The van der Waals surface area contributed by atoms with Crippen LogP contribution < -0.4 is 5.32 Å². The van der Waals surface area contributed by atoms with Gasteiger partial charge in [0.05, 0.1) is 6.04 Å². The van der Waals surface area contributed by atoms with Crippen LogP contribution in [-0.4, -0.2) is 7.05 Å². The van der Waals surface area contributed by atoms with Gasteiger partial charge >= 0.3 is 0 Å². The molecule has 0 fully saturated rings.